The molecule has 0 aliphatic heterocycles. The van der Waals surface area contributed by atoms with Crippen LogP contribution in [-0.2, 0) is 0 Å². The van der Waals surface area contributed by atoms with Crippen LogP contribution in [0, 0.1) is 0 Å². The van der Waals surface area contributed by atoms with Crippen LogP contribution in [-0.4, -0.2) is 39.0 Å². The average molecular weight is 423 g/mol. The monoisotopic (exact) mass is 424 g/mol. The third-order valence-corrected chi connectivity index (χ3v) is 17.3. The number of hydrogen-bond donors (Lipinski definition) is 0. The van der Waals surface area contributed by atoms with Crippen LogP contribution < -0.4 is 0 Å². The van der Waals surface area contributed by atoms with Gasteiger partial charge >= 0.3 is 142 Å². The Balaban J connectivity index is 2.30. The summed E-state index contributed by atoms with van der Waals surface area (Å²) < 4.78 is 1.29. The van der Waals surface area contributed by atoms with Crippen LogP contribution in [0.1, 0.15) is 36.0 Å². The van der Waals surface area contributed by atoms with Gasteiger partial charge in [-0.05, 0) is 0 Å². The second-order valence-corrected chi connectivity index (χ2v) is 24.5. The zero-order valence-corrected chi connectivity index (χ0v) is 18.0. The number of rotatable bonds is 5. The van der Waals surface area contributed by atoms with Crippen molar-refractivity contribution in [1.82, 2.24) is 0 Å². The van der Waals surface area contributed by atoms with E-state index < -0.39 is 18.4 Å². The minimum absolute atomic E-state index is 0.0802. The predicted octanol–water partition coefficient (Wildman–Crippen LogP) is 5.32. The zero-order valence-electron chi connectivity index (χ0n) is 14.3. The van der Waals surface area contributed by atoms with E-state index in [-0.39, 0.29) is 10.5 Å². The molecule has 1 aliphatic carbocycles. The van der Waals surface area contributed by atoms with Crippen molar-refractivity contribution in [3.8, 4) is 0 Å². The molecule has 1 fully saturated rings. The van der Waals surface area contributed by atoms with E-state index in [1.54, 1.807) is 5.57 Å². The molecule has 3 heteroatoms. The molecule has 0 bridgehead atoms. The second kappa shape index (κ2) is 7.96. The molecule has 1 saturated carbocycles. The molecule has 1 aromatic rings. The van der Waals surface area contributed by atoms with Crippen LogP contribution in [0.25, 0.3) is 0 Å². The van der Waals surface area contributed by atoms with Gasteiger partial charge in [0.05, 0.1) is 0 Å². The van der Waals surface area contributed by atoms with Crippen molar-refractivity contribution in [2.45, 2.75) is 40.5 Å². The molecule has 22 heavy (non-hydrogen) atoms. The zero-order chi connectivity index (χ0) is 16.2. The van der Waals surface area contributed by atoms with Crippen LogP contribution in [0.2, 0.25) is 14.8 Å². The topological polar surface area (TPSA) is 17.1 Å². The molecule has 0 saturated heterocycles. The first-order valence-electron chi connectivity index (χ1n) is 8.17. The second-order valence-electron chi connectivity index (χ2n) is 7.15. The van der Waals surface area contributed by atoms with E-state index in [1.165, 1.54) is 28.6 Å². The molecule has 1 aromatic carbocycles. The maximum atomic E-state index is 13.0. The normalized spacial score (nSPS) is 17.3. The molecule has 1 atom stereocenters. The first-order chi connectivity index (χ1) is 10.4. The summed E-state index contributed by atoms with van der Waals surface area (Å²) in [6.07, 6.45) is 9.97. The number of allylic oxidation sites excluding steroid dienone is 1. The van der Waals surface area contributed by atoms with E-state index >= 15 is 0 Å². The third-order valence-electron chi connectivity index (χ3n) is 4.14. The Morgan fingerprint density at radius 3 is 2.27 bits per heavy atom. The maximum absolute atomic E-state index is 13.0. The van der Waals surface area contributed by atoms with Crippen molar-refractivity contribution >= 4 is 37.5 Å². The Morgan fingerprint density at radius 2 is 1.73 bits per heavy atom. The van der Waals surface area contributed by atoms with Crippen LogP contribution in [0.4, 0.5) is 0 Å². The van der Waals surface area contributed by atoms with Crippen molar-refractivity contribution in [3.63, 3.8) is 0 Å². The molecule has 0 heterocycles. The summed E-state index contributed by atoms with van der Waals surface area (Å²) in [6.45, 7) is 0. The summed E-state index contributed by atoms with van der Waals surface area (Å²) in [5.74, 6) is 1.39. The van der Waals surface area contributed by atoms with Crippen molar-refractivity contribution in [2.75, 3.05) is 12.0 Å². The van der Waals surface area contributed by atoms with E-state index in [0.29, 0.717) is 5.78 Å². The number of carbonyl (C=O) groups is 1. The third kappa shape index (κ3) is 4.82. The Hall–Kier alpha value is -0.351. The molecule has 120 valence electrons. The van der Waals surface area contributed by atoms with Crippen LogP contribution in [0.3, 0.4) is 0 Å². The van der Waals surface area contributed by atoms with Gasteiger partial charge in [0.2, 0.25) is 0 Å². The molecule has 0 aromatic heterocycles. The Labute approximate surface area is 142 Å². The van der Waals surface area contributed by atoms with Crippen LogP contribution in [0.5, 0.6) is 0 Å². The van der Waals surface area contributed by atoms with Gasteiger partial charge in [0.15, 0.2) is 0 Å². The average Bonchev–Trinajstić information content (AvgIpc) is 2.98. The van der Waals surface area contributed by atoms with Gasteiger partial charge in [0.25, 0.3) is 0 Å². The summed E-state index contributed by atoms with van der Waals surface area (Å²) in [6, 6.07) is 9.85. The summed E-state index contributed by atoms with van der Waals surface area (Å²) >= 11 is -2.41. The quantitative estimate of drug-likeness (QED) is 0.271. The summed E-state index contributed by atoms with van der Waals surface area (Å²) in [4.78, 5) is 20.1. The van der Waals surface area contributed by atoms with E-state index in [0.717, 1.165) is 11.3 Å². The molecule has 1 unspecified atom stereocenters. The van der Waals surface area contributed by atoms with Crippen molar-refractivity contribution in [3.05, 3.63) is 47.5 Å². The fourth-order valence-corrected chi connectivity index (χ4v) is 17.3. The van der Waals surface area contributed by atoms with Gasteiger partial charge in [0, 0.05) is 0 Å². The van der Waals surface area contributed by atoms with Gasteiger partial charge in [-0.1, -0.05) is 0 Å². The fourth-order valence-electron chi connectivity index (χ4n) is 3.10. The van der Waals surface area contributed by atoms with Crippen molar-refractivity contribution in [1.29, 1.82) is 0 Å². The van der Waals surface area contributed by atoms with Crippen molar-refractivity contribution in [2.24, 2.45) is 0 Å². The van der Waals surface area contributed by atoms with E-state index in [2.05, 4.69) is 27.2 Å². The minimum atomic E-state index is -2.41. The predicted molar refractivity (Wildman–Crippen MR) is 104 cm³/mol. The number of hydrogen-bond acceptors (Lipinski definition) is 1. The number of Topliss-reactive ketones (excluding diaryl/α,β-unsaturated/α-hetero) is 1. The Kier molecular flexibility index (Phi) is 6.51. The van der Waals surface area contributed by atoms with E-state index in [4.69, 9.17) is 0 Å². The standard InChI is InChI=1S/C16H19OS.3CH3.Sn/c1-18(12-11-14-7-5-6-8-14)13-16(17)15-9-3-2-4-10-15;;;;/h2-4,9-11H,5-8,12H2,1H3;3*1H3;. The van der Waals surface area contributed by atoms with E-state index in [1.807, 2.05) is 30.3 Å². The Morgan fingerprint density at radius 1 is 1.14 bits per heavy atom. The van der Waals surface area contributed by atoms with Gasteiger partial charge in [-0.25, -0.2) is 0 Å². The molecule has 1 nitrogen and oxygen atoms in total. The number of carbonyl (C=O) groups excluding carboxylic acids is 1. The molecule has 0 spiro atoms. The molecule has 0 amide bonds. The van der Waals surface area contributed by atoms with Gasteiger partial charge < -0.3 is 0 Å². The molecule has 0 N–H and O–H groups in total. The summed E-state index contributed by atoms with van der Waals surface area (Å²) in [7, 11) is 0.0802. The summed E-state index contributed by atoms with van der Waals surface area (Å²) in [5.41, 5.74) is 2.49. The first kappa shape index (κ1) is 18.0. The SMILES string of the molecule is C/S(CC=C1CCCC1)=[C](/C(=O)c1ccccc1)[Sn]([CH3])([CH3])[CH3]. The summed E-state index contributed by atoms with van der Waals surface area (Å²) in [5, 5.41) is 0. The van der Waals surface area contributed by atoms with Gasteiger partial charge in [-0.15, -0.1) is 0 Å². The number of ketones is 1. The molecule has 1 aliphatic rings. The van der Waals surface area contributed by atoms with Crippen molar-refractivity contribution < 1.29 is 4.79 Å². The molecule has 0 radical (unpaired) electrons. The Bertz CT molecular complexity index is 586. The van der Waals surface area contributed by atoms with Gasteiger partial charge in [-0.3, -0.25) is 0 Å². The van der Waals surface area contributed by atoms with Crippen LogP contribution >= 0.6 is 10.5 Å². The molecular formula is C19H28OSSn. The van der Waals surface area contributed by atoms with Gasteiger partial charge in [0.1, 0.15) is 0 Å². The van der Waals surface area contributed by atoms with E-state index in [9.17, 15) is 4.79 Å². The first-order valence-corrected chi connectivity index (χ1v) is 20.0. The van der Waals surface area contributed by atoms with Crippen LogP contribution in [0.15, 0.2) is 42.0 Å². The number of benzene rings is 1. The van der Waals surface area contributed by atoms with Gasteiger partial charge in [-0.2, -0.15) is 0 Å². The molecule has 2 rings (SSSR count). The fraction of sp³-hybridized carbons (Fsp3) is 0.474. The molecular weight excluding hydrogens is 395 g/mol.